The number of carbonyl (C=O) groups is 2. The van der Waals surface area contributed by atoms with E-state index in [1.165, 1.54) is 13.8 Å². The Morgan fingerprint density at radius 2 is 2.11 bits per heavy atom. The van der Waals surface area contributed by atoms with E-state index in [2.05, 4.69) is 10.6 Å². The lowest BCUT2D eigenvalue weighted by Crippen LogP contribution is -2.50. The van der Waals surface area contributed by atoms with E-state index in [9.17, 15) is 9.59 Å². The Morgan fingerprint density at radius 3 is 2.79 bits per heavy atom. The average Bonchev–Trinajstić information content (AvgIpc) is 2.37. The van der Waals surface area contributed by atoms with Crippen LogP contribution in [0.1, 0.15) is 35.3 Å². The summed E-state index contributed by atoms with van der Waals surface area (Å²) in [7, 11) is 0. The standard InChI is InChI=1S/C14H18N2O3/c1-14(2,13(18)19)16-12(17)11-5-3-4-9-8-15-7-6-10(9)11/h3-5,15H,6-8H2,1-2H3,(H,16,17)(H,18,19). The summed E-state index contributed by atoms with van der Waals surface area (Å²) in [5.74, 6) is -1.38. The van der Waals surface area contributed by atoms with Crippen LogP contribution in [-0.4, -0.2) is 29.1 Å². The summed E-state index contributed by atoms with van der Waals surface area (Å²) >= 11 is 0. The van der Waals surface area contributed by atoms with Crippen molar-refractivity contribution < 1.29 is 14.7 Å². The highest BCUT2D eigenvalue weighted by Crippen LogP contribution is 2.19. The van der Waals surface area contributed by atoms with Crippen molar-refractivity contribution in [2.45, 2.75) is 32.4 Å². The molecule has 1 aromatic carbocycles. The van der Waals surface area contributed by atoms with Crippen LogP contribution in [0, 0.1) is 0 Å². The molecule has 0 radical (unpaired) electrons. The molecule has 102 valence electrons. The van der Waals surface area contributed by atoms with Gasteiger partial charge in [-0.2, -0.15) is 0 Å². The lowest BCUT2D eigenvalue weighted by atomic mass is 9.94. The molecule has 1 aliphatic heterocycles. The van der Waals surface area contributed by atoms with Crippen molar-refractivity contribution in [3.05, 3.63) is 34.9 Å². The van der Waals surface area contributed by atoms with Gasteiger partial charge < -0.3 is 15.7 Å². The fourth-order valence-corrected chi connectivity index (χ4v) is 2.15. The lowest BCUT2D eigenvalue weighted by molar-refractivity contribution is -0.143. The molecule has 0 spiro atoms. The van der Waals surface area contributed by atoms with Crippen molar-refractivity contribution in [3.8, 4) is 0 Å². The third-order valence-corrected chi connectivity index (χ3v) is 3.35. The number of hydrogen-bond acceptors (Lipinski definition) is 3. The largest absolute Gasteiger partial charge is 0.480 e. The highest BCUT2D eigenvalue weighted by atomic mass is 16.4. The fraction of sp³-hybridized carbons (Fsp3) is 0.429. The van der Waals surface area contributed by atoms with Crippen LogP contribution in [0.3, 0.4) is 0 Å². The molecule has 0 bridgehead atoms. The third-order valence-electron chi connectivity index (χ3n) is 3.35. The van der Waals surface area contributed by atoms with Crippen LogP contribution in [0.5, 0.6) is 0 Å². The molecular weight excluding hydrogens is 244 g/mol. The van der Waals surface area contributed by atoms with E-state index in [4.69, 9.17) is 5.11 Å². The molecule has 0 unspecified atom stereocenters. The van der Waals surface area contributed by atoms with Gasteiger partial charge in [0.1, 0.15) is 5.54 Å². The predicted octanol–water partition coefficient (Wildman–Crippen LogP) is 0.925. The van der Waals surface area contributed by atoms with Crippen LogP contribution in [0.15, 0.2) is 18.2 Å². The first-order chi connectivity index (χ1) is 8.92. The number of carboxylic acid groups (broad SMARTS) is 1. The van der Waals surface area contributed by atoms with Crippen LogP contribution in [-0.2, 0) is 17.8 Å². The first-order valence-corrected chi connectivity index (χ1v) is 6.29. The predicted molar refractivity (Wildman–Crippen MR) is 71.0 cm³/mol. The smallest absolute Gasteiger partial charge is 0.328 e. The molecular formula is C14H18N2O3. The minimum absolute atomic E-state index is 0.328. The summed E-state index contributed by atoms with van der Waals surface area (Å²) in [6.45, 7) is 4.53. The van der Waals surface area contributed by atoms with E-state index >= 15 is 0 Å². The van der Waals surface area contributed by atoms with Gasteiger partial charge in [0, 0.05) is 12.1 Å². The van der Waals surface area contributed by atoms with E-state index in [1.54, 1.807) is 6.07 Å². The van der Waals surface area contributed by atoms with Gasteiger partial charge >= 0.3 is 5.97 Å². The number of aliphatic carboxylic acids is 1. The number of hydrogen-bond donors (Lipinski definition) is 3. The first kappa shape index (κ1) is 13.5. The zero-order valence-electron chi connectivity index (χ0n) is 11.1. The number of nitrogens with one attached hydrogen (secondary N) is 2. The lowest BCUT2D eigenvalue weighted by Gasteiger charge is -2.24. The van der Waals surface area contributed by atoms with Gasteiger partial charge in [-0.05, 0) is 44.0 Å². The third kappa shape index (κ3) is 2.76. The SMILES string of the molecule is CC(C)(NC(=O)c1cccc2c1CCNC2)C(=O)O. The molecule has 1 amide bonds. The maximum Gasteiger partial charge on any atom is 0.328 e. The molecule has 0 atom stereocenters. The van der Waals surface area contributed by atoms with Gasteiger partial charge in [-0.25, -0.2) is 4.79 Å². The first-order valence-electron chi connectivity index (χ1n) is 6.29. The van der Waals surface area contributed by atoms with Gasteiger partial charge in [-0.3, -0.25) is 4.79 Å². The number of fused-ring (bicyclic) bond motifs is 1. The maximum absolute atomic E-state index is 12.2. The minimum Gasteiger partial charge on any atom is -0.480 e. The zero-order chi connectivity index (χ0) is 14.0. The normalized spacial score (nSPS) is 14.6. The number of rotatable bonds is 3. The highest BCUT2D eigenvalue weighted by Gasteiger charge is 2.30. The second-order valence-electron chi connectivity index (χ2n) is 5.25. The summed E-state index contributed by atoms with van der Waals surface area (Å²) in [4.78, 5) is 23.3. The van der Waals surface area contributed by atoms with Crippen molar-refractivity contribution in [1.29, 1.82) is 0 Å². The Kier molecular flexibility index (Phi) is 3.57. The Bertz CT molecular complexity index is 523. The summed E-state index contributed by atoms with van der Waals surface area (Å²) in [5, 5.41) is 14.9. The molecule has 0 fully saturated rings. The van der Waals surface area contributed by atoms with Gasteiger partial charge in [-0.1, -0.05) is 12.1 Å². The van der Waals surface area contributed by atoms with Gasteiger partial charge in [0.15, 0.2) is 0 Å². The summed E-state index contributed by atoms with van der Waals surface area (Å²) in [5.41, 5.74) is 1.42. The van der Waals surface area contributed by atoms with Gasteiger partial charge in [0.2, 0.25) is 0 Å². The number of amides is 1. The minimum atomic E-state index is -1.27. The van der Waals surface area contributed by atoms with E-state index in [0.29, 0.717) is 5.56 Å². The van der Waals surface area contributed by atoms with E-state index in [1.807, 2.05) is 12.1 Å². The van der Waals surface area contributed by atoms with E-state index in [-0.39, 0.29) is 5.91 Å². The summed E-state index contributed by atoms with van der Waals surface area (Å²) in [6.07, 6.45) is 0.784. The zero-order valence-corrected chi connectivity index (χ0v) is 11.1. The monoisotopic (exact) mass is 262 g/mol. The van der Waals surface area contributed by atoms with Crippen molar-refractivity contribution in [2.24, 2.45) is 0 Å². The topological polar surface area (TPSA) is 78.4 Å². The molecule has 0 saturated carbocycles. The molecule has 1 heterocycles. The molecule has 0 saturated heterocycles. The molecule has 2 rings (SSSR count). The van der Waals surface area contributed by atoms with Crippen LogP contribution < -0.4 is 10.6 Å². The highest BCUT2D eigenvalue weighted by molar-refractivity contribution is 5.99. The van der Waals surface area contributed by atoms with Crippen LogP contribution in [0.25, 0.3) is 0 Å². The second kappa shape index (κ2) is 5.01. The van der Waals surface area contributed by atoms with Gasteiger partial charge in [0.25, 0.3) is 5.91 Å². The van der Waals surface area contributed by atoms with Crippen molar-refractivity contribution in [3.63, 3.8) is 0 Å². The Balaban J connectivity index is 2.27. The quantitative estimate of drug-likeness (QED) is 0.757. The summed E-state index contributed by atoms with van der Waals surface area (Å²) < 4.78 is 0. The van der Waals surface area contributed by atoms with Crippen LogP contribution >= 0.6 is 0 Å². The Hall–Kier alpha value is -1.88. The van der Waals surface area contributed by atoms with Gasteiger partial charge in [-0.15, -0.1) is 0 Å². The molecule has 0 aromatic heterocycles. The average molecular weight is 262 g/mol. The van der Waals surface area contributed by atoms with E-state index < -0.39 is 11.5 Å². The fourth-order valence-electron chi connectivity index (χ4n) is 2.15. The van der Waals surface area contributed by atoms with Crippen molar-refractivity contribution in [2.75, 3.05) is 6.54 Å². The Labute approximate surface area is 112 Å². The molecule has 1 aromatic rings. The second-order valence-corrected chi connectivity index (χ2v) is 5.25. The number of carbonyl (C=O) groups excluding carboxylic acids is 1. The molecule has 3 N–H and O–H groups in total. The molecule has 5 nitrogen and oxygen atoms in total. The summed E-state index contributed by atoms with van der Waals surface area (Å²) in [6, 6.07) is 5.56. The molecule has 19 heavy (non-hydrogen) atoms. The molecule has 5 heteroatoms. The number of carboxylic acids is 1. The molecule has 1 aliphatic rings. The van der Waals surface area contributed by atoms with Crippen LogP contribution in [0.4, 0.5) is 0 Å². The van der Waals surface area contributed by atoms with Crippen LogP contribution in [0.2, 0.25) is 0 Å². The van der Waals surface area contributed by atoms with Crippen molar-refractivity contribution >= 4 is 11.9 Å². The maximum atomic E-state index is 12.2. The van der Waals surface area contributed by atoms with Crippen molar-refractivity contribution in [1.82, 2.24) is 10.6 Å². The Morgan fingerprint density at radius 1 is 1.37 bits per heavy atom. The number of benzene rings is 1. The van der Waals surface area contributed by atoms with E-state index in [0.717, 1.165) is 30.6 Å². The van der Waals surface area contributed by atoms with Gasteiger partial charge in [0.05, 0.1) is 0 Å². The molecule has 0 aliphatic carbocycles.